The minimum absolute atomic E-state index is 0.00503. The van der Waals surface area contributed by atoms with Gasteiger partial charge in [0, 0.05) is 12.1 Å². The number of rotatable bonds is 9. The summed E-state index contributed by atoms with van der Waals surface area (Å²) in [6.07, 6.45) is 5.84. The first kappa shape index (κ1) is 33.7. The van der Waals surface area contributed by atoms with Gasteiger partial charge in [0.05, 0.1) is 6.61 Å². The van der Waals surface area contributed by atoms with Gasteiger partial charge >= 0.3 is 12.2 Å². The van der Waals surface area contributed by atoms with Crippen molar-refractivity contribution >= 4 is 28.9 Å². The number of fused-ring (bicyclic) bond motifs is 1. The lowest BCUT2D eigenvalue weighted by atomic mass is 10.1. The number of nitrogens with zero attached hydrogens (tertiary/aromatic N) is 4. The van der Waals surface area contributed by atoms with E-state index >= 15 is 0 Å². The zero-order valence-corrected chi connectivity index (χ0v) is 27.6. The second-order valence-corrected chi connectivity index (χ2v) is 13.3. The van der Waals surface area contributed by atoms with Gasteiger partial charge in [-0.25, -0.2) is 9.59 Å². The van der Waals surface area contributed by atoms with Crippen LogP contribution >= 0.6 is 0 Å². The molecule has 1 saturated heterocycles. The van der Waals surface area contributed by atoms with Crippen molar-refractivity contribution in [1.29, 1.82) is 0 Å². The fourth-order valence-corrected chi connectivity index (χ4v) is 5.04. The predicted octanol–water partition coefficient (Wildman–Crippen LogP) is 8.19. The molecule has 1 aliphatic heterocycles. The molecule has 11 nitrogen and oxygen atoms in total. The first-order valence-electron chi connectivity index (χ1n) is 15.9. The van der Waals surface area contributed by atoms with Crippen molar-refractivity contribution in [2.24, 2.45) is 4.99 Å². The molecule has 3 aromatic rings. The van der Waals surface area contributed by atoms with Crippen LogP contribution < -0.4 is 10.1 Å². The van der Waals surface area contributed by atoms with Crippen molar-refractivity contribution in [3.63, 3.8) is 0 Å². The van der Waals surface area contributed by atoms with Crippen LogP contribution in [-0.2, 0) is 9.47 Å². The zero-order chi connectivity index (χ0) is 32.6. The Kier molecular flexibility index (Phi) is 11.1. The fourth-order valence-electron chi connectivity index (χ4n) is 5.04. The number of hydrogen-bond donors (Lipinski definition) is 1. The summed E-state index contributed by atoms with van der Waals surface area (Å²) < 4.78 is 22.5. The Morgan fingerprint density at radius 3 is 2.42 bits per heavy atom. The lowest BCUT2D eigenvalue weighted by Gasteiger charge is -2.27. The molecular weight excluding hydrogens is 574 g/mol. The quantitative estimate of drug-likeness (QED) is 0.143. The van der Waals surface area contributed by atoms with Crippen LogP contribution in [0.15, 0.2) is 45.9 Å². The SMILES string of the molecule is CCCCCCCOc1ccc2cc(-c3noc(C4CCCN4C(=NC(=O)OC(C)(C)C)NC(=O)OC(C)(C)C)n3)ccc2c1. The number of alkyl carbamates (subject to hydrolysis) is 1. The third-order valence-electron chi connectivity index (χ3n) is 7.04. The number of hydrogen-bond acceptors (Lipinski definition) is 8. The molecular formula is C34H47N5O6. The minimum atomic E-state index is -0.831. The van der Waals surface area contributed by atoms with Crippen molar-refractivity contribution in [3.8, 4) is 17.1 Å². The van der Waals surface area contributed by atoms with Gasteiger partial charge in [0.25, 0.3) is 0 Å². The molecule has 0 saturated carbocycles. The number of benzene rings is 2. The molecule has 11 heteroatoms. The summed E-state index contributed by atoms with van der Waals surface area (Å²) in [5, 5.41) is 8.98. The van der Waals surface area contributed by atoms with Crippen molar-refractivity contribution < 1.29 is 28.3 Å². The van der Waals surface area contributed by atoms with E-state index in [9.17, 15) is 9.59 Å². The van der Waals surface area contributed by atoms with E-state index in [-0.39, 0.29) is 5.96 Å². The highest BCUT2D eigenvalue weighted by atomic mass is 16.6. The molecule has 0 radical (unpaired) electrons. The molecule has 244 valence electrons. The highest BCUT2D eigenvalue weighted by Crippen LogP contribution is 2.33. The second-order valence-electron chi connectivity index (χ2n) is 13.3. The van der Waals surface area contributed by atoms with Gasteiger partial charge in [-0.1, -0.05) is 56.0 Å². The molecule has 1 fully saturated rings. The summed E-state index contributed by atoms with van der Waals surface area (Å²) >= 11 is 0. The summed E-state index contributed by atoms with van der Waals surface area (Å²) in [6.45, 7) is 13.9. The Hall–Kier alpha value is -4.15. The van der Waals surface area contributed by atoms with E-state index < -0.39 is 29.4 Å². The minimum Gasteiger partial charge on any atom is -0.494 e. The van der Waals surface area contributed by atoms with E-state index in [1.807, 2.05) is 36.4 Å². The largest absolute Gasteiger partial charge is 0.494 e. The molecule has 1 atom stereocenters. The molecule has 2 amide bonds. The van der Waals surface area contributed by atoms with E-state index in [0.29, 0.717) is 31.3 Å². The van der Waals surface area contributed by atoms with Crippen molar-refractivity contribution in [2.75, 3.05) is 13.2 Å². The number of likely N-dealkylation sites (tertiary alicyclic amines) is 1. The molecule has 45 heavy (non-hydrogen) atoms. The molecule has 1 aromatic heterocycles. The Morgan fingerprint density at radius 1 is 0.978 bits per heavy atom. The van der Waals surface area contributed by atoms with Gasteiger partial charge in [0.15, 0.2) is 0 Å². The van der Waals surface area contributed by atoms with Gasteiger partial charge in [-0.2, -0.15) is 4.98 Å². The maximum absolute atomic E-state index is 12.7. The number of ether oxygens (including phenoxy) is 3. The fraction of sp³-hybridized carbons (Fsp3) is 0.559. The van der Waals surface area contributed by atoms with Gasteiger partial charge in [-0.3, -0.25) is 5.32 Å². The number of unbranched alkanes of at least 4 members (excludes halogenated alkanes) is 4. The number of carbonyl (C=O) groups excluding carboxylic acids is 2. The first-order valence-corrected chi connectivity index (χ1v) is 15.9. The highest BCUT2D eigenvalue weighted by molar-refractivity contribution is 5.99. The van der Waals surface area contributed by atoms with E-state index in [1.165, 1.54) is 25.7 Å². The molecule has 2 heterocycles. The number of aromatic nitrogens is 2. The average Bonchev–Trinajstić information content (AvgIpc) is 3.62. The van der Waals surface area contributed by atoms with Crippen molar-refractivity contribution in [2.45, 2.75) is 111 Å². The third kappa shape index (κ3) is 10.2. The number of carbonyl (C=O) groups is 2. The molecule has 0 spiro atoms. The third-order valence-corrected chi connectivity index (χ3v) is 7.04. The van der Waals surface area contributed by atoms with Crippen LogP contribution in [-0.4, -0.2) is 57.5 Å². The van der Waals surface area contributed by atoms with E-state index in [4.69, 9.17) is 23.7 Å². The summed E-state index contributed by atoms with van der Waals surface area (Å²) in [5.74, 6) is 1.66. The van der Waals surface area contributed by atoms with Crippen LogP contribution in [0.5, 0.6) is 5.75 Å². The molecule has 1 aliphatic rings. The summed E-state index contributed by atoms with van der Waals surface area (Å²) in [7, 11) is 0. The van der Waals surface area contributed by atoms with E-state index in [0.717, 1.165) is 34.9 Å². The number of nitrogens with one attached hydrogen (secondary N) is 1. The molecule has 0 bridgehead atoms. The Morgan fingerprint density at radius 2 is 1.69 bits per heavy atom. The van der Waals surface area contributed by atoms with Crippen LogP contribution in [0, 0.1) is 0 Å². The molecule has 0 aliphatic carbocycles. The van der Waals surface area contributed by atoms with Crippen LogP contribution in [0.2, 0.25) is 0 Å². The Labute approximate surface area is 265 Å². The monoisotopic (exact) mass is 621 g/mol. The van der Waals surface area contributed by atoms with Crippen molar-refractivity contribution in [1.82, 2.24) is 20.4 Å². The number of guanidine groups is 1. The average molecular weight is 622 g/mol. The molecule has 1 N–H and O–H groups in total. The summed E-state index contributed by atoms with van der Waals surface area (Å²) in [5.41, 5.74) is -0.692. The van der Waals surface area contributed by atoms with Crippen LogP contribution in [0.1, 0.15) is 105 Å². The van der Waals surface area contributed by atoms with Gasteiger partial charge in [-0.15, -0.1) is 4.99 Å². The topological polar surface area (TPSA) is 128 Å². The van der Waals surface area contributed by atoms with Gasteiger partial charge in [-0.05, 0) is 89.8 Å². The van der Waals surface area contributed by atoms with Crippen LogP contribution in [0.25, 0.3) is 22.2 Å². The van der Waals surface area contributed by atoms with Crippen LogP contribution in [0.4, 0.5) is 9.59 Å². The number of aliphatic imine (C=N–C) groups is 1. The second kappa shape index (κ2) is 14.8. The summed E-state index contributed by atoms with van der Waals surface area (Å²) in [6, 6.07) is 11.7. The van der Waals surface area contributed by atoms with Gasteiger partial charge in [0.1, 0.15) is 23.0 Å². The number of amides is 2. The molecule has 4 rings (SSSR count). The van der Waals surface area contributed by atoms with Crippen LogP contribution in [0.3, 0.4) is 0 Å². The maximum atomic E-state index is 12.7. The Balaban J connectivity index is 1.50. The maximum Gasteiger partial charge on any atom is 0.437 e. The highest BCUT2D eigenvalue weighted by Gasteiger charge is 2.35. The van der Waals surface area contributed by atoms with E-state index in [2.05, 4.69) is 22.4 Å². The lowest BCUT2D eigenvalue weighted by molar-refractivity contribution is 0.0553. The standard InChI is InChI=1S/C34H47N5O6/c1-8-9-10-11-12-20-42-26-18-17-23-21-25(16-15-24(23)22-26)28-35-29(45-38-28)27-14-13-19-39(27)30(36-31(40)43-33(2,3)4)37-32(41)44-34(5,6)7/h15-18,21-22,27H,8-14,19-20H2,1-7H3,(H,36,37,40,41). The zero-order valence-electron chi connectivity index (χ0n) is 27.6. The normalized spacial score (nSPS) is 15.8. The van der Waals surface area contributed by atoms with Gasteiger partial charge < -0.3 is 23.6 Å². The van der Waals surface area contributed by atoms with E-state index in [1.54, 1.807) is 46.4 Å². The Bertz CT molecular complexity index is 1490. The molecule has 2 aromatic carbocycles. The molecule has 1 unspecified atom stereocenters. The summed E-state index contributed by atoms with van der Waals surface area (Å²) in [4.78, 5) is 35.9. The first-order chi connectivity index (χ1) is 21.3. The lowest BCUT2D eigenvalue weighted by Crippen LogP contribution is -2.46. The van der Waals surface area contributed by atoms with Crippen molar-refractivity contribution in [3.05, 3.63) is 42.3 Å². The van der Waals surface area contributed by atoms with Gasteiger partial charge in [0.2, 0.25) is 17.7 Å². The smallest absolute Gasteiger partial charge is 0.437 e. The predicted molar refractivity (Wildman–Crippen MR) is 173 cm³/mol.